The minimum atomic E-state index is -3.68. The zero-order valence-electron chi connectivity index (χ0n) is 17.0. The first-order valence-electron chi connectivity index (χ1n) is 10.1. The lowest BCUT2D eigenvalue weighted by Gasteiger charge is -2.30. The Hall–Kier alpha value is -2.29. The number of ether oxygens (including phenoxy) is 1. The molecular weight excluding hydrogens is 407 g/mol. The van der Waals surface area contributed by atoms with Gasteiger partial charge in [0.25, 0.3) is 0 Å². The number of halogens is 1. The molecule has 1 N–H and O–H groups in total. The normalized spacial score (nSPS) is 15.8. The summed E-state index contributed by atoms with van der Waals surface area (Å²) in [6.45, 7) is 4.00. The summed E-state index contributed by atoms with van der Waals surface area (Å²) in [7, 11) is -3.68. The van der Waals surface area contributed by atoms with Crippen molar-refractivity contribution in [1.82, 2.24) is 9.62 Å². The molecule has 1 heterocycles. The number of nitrogens with zero attached hydrogens (tertiary/aromatic N) is 1. The first-order chi connectivity index (χ1) is 14.4. The third-order valence-corrected chi connectivity index (χ3v) is 7.22. The van der Waals surface area contributed by atoms with Gasteiger partial charge in [0, 0.05) is 32.2 Å². The van der Waals surface area contributed by atoms with E-state index in [1.54, 1.807) is 0 Å². The van der Waals surface area contributed by atoms with E-state index < -0.39 is 15.8 Å². The van der Waals surface area contributed by atoms with E-state index in [0.717, 1.165) is 23.3 Å². The summed E-state index contributed by atoms with van der Waals surface area (Å²) in [4.78, 5) is 12.7. The standard InChI is InChI=1S/C22H27FN2O4S/c1-2-29-16-19-6-4-3-5-18(19)15-24-22(26)17-11-13-25(14-12-17)30(27,28)21-9-7-20(23)8-10-21/h3-10,17H,2,11-16H2,1H3,(H,24,26). The molecule has 1 amide bonds. The monoisotopic (exact) mass is 434 g/mol. The second kappa shape index (κ2) is 10.1. The average Bonchev–Trinajstić information content (AvgIpc) is 2.77. The molecule has 0 radical (unpaired) electrons. The second-order valence-corrected chi connectivity index (χ2v) is 9.19. The van der Waals surface area contributed by atoms with Gasteiger partial charge in [0.15, 0.2) is 0 Å². The lowest BCUT2D eigenvalue weighted by atomic mass is 9.97. The van der Waals surface area contributed by atoms with E-state index in [9.17, 15) is 17.6 Å². The third-order valence-electron chi connectivity index (χ3n) is 5.31. The van der Waals surface area contributed by atoms with E-state index >= 15 is 0 Å². The molecule has 2 aromatic carbocycles. The SMILES string of the molecule is CCOCc1ccccc1CNC(=O)C1CCN(S(=O)(=O)c2ccc(F)cc2)CC1. The molecule has 0 atom stereocenters. The molecule has 0 saturated carbocycles. The van der Waals surface area contributed by atoms with Gasteiger partial charge < -0.3 is 10.1 Å². The van der Waals surface area contributed by atoms with Gasteiger partial charge in [-0.1, -0.05) is 24.3 Å². The third kappa shape index (κ3) is 5.44. The van der Waals surface area contributed by atoms with Crippen LogP contribution in [0.5, 0.6) is 0 Å². The minimum absolute atomic E-state index is 0.0673. The number of nitrogens with one attached hydrogen (secondary N) is 1. The van der Waals surface area contributed by atoms with E-state index in [1.807, 2.05) is 31.2 Å². The summed E-state index contributed by atoms with van der Waals surface area (Å²) >= 11 is 0. The Balaban J connectivity index is 1.54. The van der Waals surface area contributed by atoms with Crippen LogP contribution in [0.3, 0.4) is 0 Å². The molecular formula is C22H27FN2O4S. The quantitative estimate of drug-likeness (QED) is 0.693. The van der Waals surface area contributed by atoms with Gasteiger partial charge in [0.2, 0.25) is 15.9 Å². The zero-order valence-corrected chi connectivity index (χ0v) is 17.8. The fraction of sp³-hybridized carbons (Fsp3) is 0.409. The number of hydrogen-bond acceptors (Lipinski definition) is 4. The molecule has 8 heteroatoms. The van der Waals surface area contributed by atoms with Crippen LogP contribution in [-0.4, -0.2) is 38.3 Å². The number of carbonyl (C=O) groups is 1. The van der Waals surface area contributed by atoms with Crippen LogP contribution in [0, 0.1) is 11.7 Å². The molecule has 1 aliphatic heterocycles. The Morgan fingerprint density at radius 1 is 1.10 bits per heavy atom. The Labute approximate surface area is 177 Å². The summed E-state index contributed by atoms with van der Waals surface area (Å²) in [6.07, 6.45) is 0.902. The van der Waals surface area contributed by atoms with Crippen LogP contribution >= 0.6 is 0 Å². The number of benzene rings is 2. The van der Waals surface area contributed by atoms with Crippen molar-refractivity contribution in [2.75, 3.05) is 19.7 Å². The number of carbonyl (C=O) groups excluding carboxylic acids is 1. The molecule has 0 aliphatic carbocycles. The largest absolute Gasteiger partial charge is 0.377 e. The van der Waals surface area contributed by atoms with Crippen LogP contribution in [-0.2, 0) is 32.7 Å². The first kappa shape index (κ1) is 22.4. The van der Waals surface area contributed by atoms with Crippen molar-refractivity contribution in [2.24, 2.45) is 5.92 Å². The highest BCUT2D eigenvalue weighted by molar-refractivity contribution is 7.89. The van der Waals surface area contributed by atoms with Gasteiger partial charge in [-0.15, -0.1) is 0 Å². The highest BCUT2D eigenvalue weighted by atomic mass is 32.2. The van der Waals surface area contributed by atoms with Crippen LogP contribution in [0.4, 0.5) is 4.39 Å². The molecule has 6 nitrogen and oxygen atoms in total. The topological polar surface area (TPSA) is 75.7 Å². The van der Waals surface area contributed by atoms with Crippen molar-refractivity contribution in [2.45, 2.75) is 37.8 Å². The highest BCUT2D eigenvalue weighted by Gasteiger charge is 2.32. The Kier molecular flexibility index (Phi) is 7.58. The van der Waals surface area contributed by atoms with E-state index in [1.165, 1.54) is 16.4 Å². The van der Waals surface area contributed by atoms with E-state index in [-0.39, 0.29) is 29.8 Å². The Morgan fingerprint density at radius 3 is 2.37 bits per heavy atom. The summed E-state index contributed by atoms with van der Waals surface area (Å²) in [5.41, 5.74) is 2.05. The molecule has 0 spiro atoms. The van der Waals surface area contributed by atoms with Crippen molar-refractivity contribution in [3.63, 3.8) is 0 Å². The summed E-state index contributed by atoms with van der Waals surface area (Å²) in [5.74, 6) is -0.782. The van der Waals surface area contributed by atoms with Gasteiger partial charge in [-0.2, -0.15) is 4.31 Å². The van der Waals surface area contributed by atoms with Gasteiger partial charge in [0.05, 0.1) is 11.5 Å². The fourth-order valence-corrected chi connectivity index (χ4v) is 4.99. The second-order valence-electron chi connectivity index (χ2n) is 7.26. The number of rotatable bonds is 8. The maximum absolute atomic E-state index is 13.1. The maximum Gasteiger partial charge on any atom is 0.243 e. The van der Waals surface area contributed by atoms with Crippen LogP contribution < -0.4 is 5.32 Å². The predicted molar refractivity (Wildman–Crippen MR) is 112 cm³/mol. The predicted octanol–water partition coefficient (Wildman–Crippen LogP) is 3.08. The van der Waals surface area contributed by atoms with Gasteiger partial charge >= 0.3 is 0 Å². The summed E-state index contributed by atoms with van der Waals surface area (Å²) < 4.78 is 45.3. The number of amides is 1. The summed E-state index contributed by atoms with van der Waals surface area (Å²) in [6, 6.07) is 12.6. The molecule has 1 fully saturated rings. The van der Waals surface area contributed by atoms with E-state index in [0.29, 0.717) is 32.6 Å². The van der Waals surface area contributed by atoms with Crippen LogP contribution in [0.25, 0.3) is 0 Å². The van der Waals surface area contributed by atoms with Crippen molar-refractivity contribution < 1.29 is 22.3 Å². The highest BCUT2D eigenvalue weighted by Crippen LogP contribution is 2.24. The van der Waals surface area contributed by atoms with Crippen LogP contribution in [0.2, 0.25) is 0 Å². The Bertz CT molecular complexity index is 955. The lowest BCUT2D eigenvalue weighted by molar-refractivity contribution is -0.126. The van der Waals surface area contributed by atoms with Crippen molar-refractivity contribution in [3.8, 4) is 0 Å². The molecule has 0 bridgehead atoms. The molecule has 1 saturated heterocycles. The lowest BCUT2D eigenvalue weighted by Crippen LogP contribution is -2.42. The molecule has 2 aromatic rings. The molecule has 0 unspecified atom stereocenters. The zero-order chi connectivity index (χ0) is 21.6. The number of sulfonamides is 1. The maximum atomic E-state index is 13.1. The van der Waals surface area contributed by atoms with E-state index in [2.05, 4.69) is 5.32 Å². The molecule has 30 heavy (non-hydrogen) atoms. The molecule has 3 rings (SSSR count). The fourth-order valence-electron chi connectivity index (χ4n) is 3.52. The molecule has 0 aromatic heterocycles. The number of piperidine rings is 1. The molecule has 1 aliphatic rings. The Morgan fingerprint density at radius 2 is 1.73 bits per heavy atom. The minimum Gasteiger partial charge on any atom is -0.377 e. The average molecular weight is 435 g/mol. The van der Waals surface area contributed by atoms with Crippen molar-refractivity contribution >= 4 is 15.9 Å². The van der Waals surface area contributed by atoms with Gasteiger partial charge in [-0.3, -0.25) is 4.79 Å². The smallest absolute Gasteiger partial charge is 0.243 e. The van der Waals surface area contributed by atoms with Crippen molar-refractivity contribution in [3.05, 3.63) is 65.5 Å². The van der Waals surface area contributed by atoms with Crippen LogP contribution in [0.1, 0.15) is 30.9 Å². The van der Waals surface area contributed by atoms with E-state index in [4.69, 9.17) is 4.74 Å². The van der Waals surface area contributed by atoms with Gasteiger partial charge in [-0.05, 0) is 55.2 Å². The first-order valence-corrected chi connectivity index (χ1v) is 11.5. The molecule has 162 valence electrons. The summed E-state index contributed by atoms with van der Waals surface area (Å²) in [5, 5.41) is 2.97. The van der Waals surface area contributed by atoms with Gasteiger partial charge in [-0.25, -0.2) is 12.8 Å². The van der Waals surface area contributed by atoms with Crippen LogP contribution in [0.15, 0.2) is 53.4 Å². The van der Waals surface area contributed by atoms with Gasteiger partial charge in [0.1, 0.15) is 5.82 Å². The van der Waals surface area contributed by atoms with Crippen molar-refractivity contribution in [1.29, 1.82) is 0 Å². The number of hydrogen-bond donors (Lipinski definition) is 1.